The Bertz CT molecular complexity index is 1200. The summed E-state index contributed by atoms with van der Waals surface area (Å²) in [6.07, 6.45) is 0. The highest BCUT2D eigenvalue weighted by molar-refractivity contribution is 5.94. The molecule has 0 radical (unpaired) electrons. The summed E-state index contributed by atoms with van der Waals surface area (Å²) in [4.78, 5) is 20.0. The van der Waals surface area contributed by atoms with Crippen molar-refractivity contribution in [3.63, 3.8) is 0 Å². The van der Waals surface area contributed by atoms with Crippen LogP contribution in [0.2, 0.25) is 0 Å². The van der Waals surface area contributed by atoms with E-state index < -0.39 is 0 Å². The first-order chi connectivity index (χ1) is 15.6. The normalized spacial score (nSPS) is 11.0. The van der Waals surface area contributed by atoms with E-state index in [0.29, 0.717) is 17.3 Å². The number of carbonyl (C=O) groups excluding carboxylic acids is 1. The Kier molecular flexibility index (Phi) is 6.40. The molecule has 164 valence electrons. The van der Waals surface area contributed by atoms with Gasteiger partial charge in [-0.3, -0.25) is 4.79 Å². The van der Waals surface area contributed by atoms with Crippen LogP contribution in [-0.4, -0.2) is 28.6 Å². The molecule has 1 heterocycles. The number of carbonyl (C=O) groups is 1. The Morgan fingerprint density at radius 2 is 1.59 bits per heavy atom. The number of hydrogen-bond acceptors (Lipinski definition) is 4. The Morgan fingerprint density at radius 3 is 2.31 bits per heavy atom. The molecule has 6 heteroatoms. The van der Waals surface area contributed by atoms with E-state index in [0.717, 1.165) is 16.7 Å². The van der Waals surface area contributed by atoms with Gasteiger partial charge in [-0.15, -0.1) is 0 Å². The Hall–Kier alpha value is -3.80. The zero-order valence-corrected chi connectivity index (χ0v) is 18.6. The number of rotatable bonds is 8. The number of fused-ring (bicyclic) bond motifs is 1. The summed E-state index contributed by atoms with van der Waals surface area (Å²) in [7, 11) is 1.61. The molecule has 0 spiro atoms. The molecule has 6 nitrogen and oxygen atoms in total. The average molecular weight is 430 g/mol. The number of nitrogens with zero attached hydrogens (tertiary/aromatic N) is 3. The third-order valence-electron chi connectivity index (χ3n) is 5.27. The van der Waals surface area contributed by atoms with Gasteiger partial charge in [-0.25, -0.2) is 4.98 Å². The van der Waals surface area contributed by atoms with Crippen molar-refractivity contribution in [2.45, 2.75) is 33.0 Å². The van der Waals surface area contributed by atoms with Gasteiger partial charge < -0.3 is 18.9 Å². The van der Waals surface area contributed by atoms with Gasteiger partial charge in [0.2, 0.25) is 5.91 Å². The number of methoxy groups -OCH3 is 1. The molecular formula is C26H27N3O3. The molecule has 0 unspecified atom stereocenters. The fraction of sp³-hybridized carbons (Fsp3) is 0.231. The minimum atomic E-state index is -0.00658. The lowest BCUT2D eigenvalue weighted by Crippen LogP contribution is -2.39. The molecule has 0 saturated carbocycles. The molecular weight excluding hydrogens is 402 g/mol. The van der Waals surface area contributed by atoms with Gasteiger partial charge in [0.15, 0.2) is 11.5 Å². The molecule has 0 N–H and O–H groups in total. The van der Waals surface area contributed by atoms with Crippen LogP contribution in [0, 0.1) is 0 Å². The second-order valence-electron chi connectivity index (χ2n) is 7.74. The lowest BCUT2D eigenvalue weighted by Gasteiger charge is -2.27. The largest absolute Gasteiger partial charge is 0.493 e. The van der Waals surface area contributed by atoms with Crippen LogP contribution in [0.1, 0.15) is 19.7 Å². The summed E-state index contributed by atoms with van der Waals surface area (Å²) >= 11 is 0. The predicted octanol–water partition coefficient (Wildman–Crippen LogP) is 5.07. The fourth-order valence-electron chi connectivity index (χ4n) is 3.82. The molecule has 0 aliphatic rings. The highest BCUT2D eigenvalue weighted by Gasteiger charge is 2.22. The molecule has 0 saturated heterocycles. The van der Waals surface area contributed by atoms with Crippen LogP contribution >= 0.6 is 0 Å². The molecule has 4 aromatic rings. The Labute approximate surface area is 188 Å². The summed E-state index contributed by atoms with van der Waals surface area (Å²) in [5.74, 6) is 1.96. The monoisotopic (exact) mass is 429 g/mol. The van der Waals surface area contributed by atoms with Crippen LogP contribution in [0.15, 0.2) is 78.9 Å². The van der Waals surface area contributed by atoms with E-state index in [9.17, 15) is 4.79 Å². The van der Waals surface area contributed by atoms with Crippen molar-refractivity contribution in [2.75, 3.05) is 12.0 Å². The zero-order valence-electron chi connectivity index (χ0n) is 18.6. The number of imidazole rings is 1. The molecule has 0 aliphatic heterocycles. The number of anilines is 1. The first-order valence-electron chi connectivity index (χ1n) is 10.7. The quantitative estimate of drug-likeness (QED) is 0.393. The number of amides is 1. The molecule has 0 fully saturated rings. The molecule has 1 amide bonds. The topological polar surface area (TPSA) is 56.6 Å². The maximum atomic E-state index is 13.4. The molecule has 0 atom stereocenters. The lowest BCUT2D eigenvalue weighted by atomic mass is 10.2. The molecule has 1 aromatic heterocycles. The zero-order chi connectivity index (χ0) is 22.5. The number of hydrogen-bond donors (Lipinski definition) is 0. The summed E-state index contributed by atoms with van der Waals surface area (Å²) in [5.41, 5.74) is 2.61. The number of aromatic nitrogens is 2. The predicted molar refractivity (Wildman–Crippen MR) is 126 cm³/mol. The van der Waals surface area contributed by atoms with E-state index in [1.54, 1.807) is 7.11 Å². The van der Waals surface area contributed by atoms with Gasteiger partial charge in [0.1, 0.15) is 19.0 Å². The summed E-state index contributed by atoms with van der Waals surface area (Å²) < 4.78 is 13.3. The molecule has 0 aliphatic carbocycles. The average Bonchev–Trinajstić information content (AvgIpc) is 3.15. The molecule has 32 heavy (non-hydrogen) atoms. The van der Waals surface area contributed by atoms with Crippen molar-refractivity contribution in [3.05, 3.63) is 84.7 Å². The van der Waals surface area contributed by atoms with Gasteiger partial charge in [-0.05, 0) is 50.2 Å². The SMILES string of the molecule is COc1ccccc1OCc1nc2ccccc2n1CC(=O)N(c1ccccc1)C(C)C. The van der Waals surface area contributed by atoms with Crippen molar-refractivity contribution < 1.29 is 14.3 Å². The fourth-order valence-corrected chi connectivity index (χ4v) is 3.82. The van der Waals surface area contributed by atoms with Crippen molar-refractivity contribution in [1.82, 2.24) is 9.55 Å². The number of ether oxygens (including phenoxy) is 2. The number of para-hydroxylation sites is 5. The smallest absolute Gasteiger partial charge is 0.247 e. The van der Waals surface area contributed by atoms with Gasteiger partial charge in [-0.2, -0.15) is 0 Å². The third-order valence-corrected chi connectivity index (χ3v) is 5.27. The van der Waals surface area contributed by atoms with Crippen molar-refractivity contribution >= 4 is 22.6 Å². The summed E-state index contributed by atoms with van der Waals surface area (Å²) in [6, 6.07) is 25.1. The maximum Gasteiger partial charge on any atom is 0.247 e. The summed E-state index contributed by atoms with van der Waals surface area (Å²) in [5, 5.41) is 0. The van der Waals surface area contributed by atoms with E-state index in [1.807, 2.05) is 102 Å². The van der Waals surface area contributed by atoms with Crippen LogP contribution in [0.25, 0.3) is 11.0 Å². The molecule has 3 aromatic carbocycles. The maximum absolute atomic E-state index is 13.4. The second-order valence-corrected chi connectivity index (χ2v) is 7.74. The van der Waals surface area contributed by atoms with Gasteiger partial charge in [0.05, 0.1) is 18.1 Å². The standard InChI is InChI=1S/C26H27N3O3/c1-19(2)29(20-11-5-4-6-12-20)26(30)17-28-22-14-8-7-13-21(22)27-25(28)18-32-24-16-10-9-15-23(24)31-3/h4-16,19H,17-18H2,1-3H3. The van der Waals surface area contributed by atoms with Gasteiger partial charge >= 0.3 is 0 Å². The van der Waals surface area contributed by atoms with Gasteiger partial charge in [0, 0.05) is 11.7 Å². The van der Waals surface area contributed by atoms with Crippen LogP contribution in [0.4, 0.5) is 5.69 Å². The lowest BCUT2D eigenvalue weighted by molar-refractivity contribution is -0.119. The third kappa shape index (κ3) is 4.44. The first kappa shape index (κ1) is 21.4. The van der Waals surface area contributed by atoms with E-state index in [4.69, 9.17) is 14.5 Å². The second kappa shape index (κ2) is 9.56. The van der Waals surface area contributed by atoms with E-state index in [-0.39, 0.29) is 25.1 Å². The van der Waals surface area contributed by atoms with E-state index >= 15 is 0 Å². The molecule has 4 rings (SSSR count). The first-order valence-corrected chi connectivity index (χ1v) is 10.7. The van der Waals surface area contributed by atoms with Crippen LogP contribution in [-0.2, 0) is 17.9 Å². The van der Waals surface area contributed by atoms with E-state index in [1.165, 1.54) is 0 Å². The molecule has 0 bridgehead atoms. The van der Waals surface area contributed by atoms with E-state index in [2.05, 4.69) is 0 Å². The van der Waals surface area contributed by atoms with Gasteiger partial charge in [-0.1, -0.05) is 42.5 Å². The van der Waals surface area contributed by atoms with Crippen LogP contribution < -0.4 is 14.4 Å². The van der Waals surface area contributed by atoms with Crippen LogP contribution in [0.5, 0.6) is 11.5 Å². The van der Waals surface area contributed by atoms with Crippen molar-refractivity contribution in [1.29, 1.82) is 0 Å². The van der Waals surface area contributed by atoms with Crippen molar-refractivity contribution in [2.24, 2.45) is 0 Å². The Balaban J connectivity index is 1.65. The van der Waals surface area contributed by atoms with Crippen LogP contribution in [0.3, 0.4) is 0 Å². The van der Waals surface area contributed by atoms with Crippen molar-refractivity contribution in [3.8, 4) is 11.5 Å². The van der Waals surface area contributed by atoms with Gasteiger partial charge in [0.25, 0.3) is 0 Å². The number of benzene rings is 3. The Morgan fingerprint density at radius 1 is 0.938 bits per heavy atom. The highest BCUT2D eigenvalue weighted by atomic mass is 16.5. The minimum Gasteiger partial charge on any atom is -0.493 e. The summed E-state index contributed by atoms with van der Waals surface area (Å²) in [6.45, 7) is 4.42. The minimum absolute atomic E-state index is 0.00658. The highest BCUT2D eigenvalue weighted by Crippen LogP contribution is 2.27.